The van der Waals surface area contributed by atoms with Crippen LogP contribution in [0.5, 0.6) is 0 Å². The molecule has 0 bridgehead atoms. The van der Waals surface area contributed by atoms with Crippen molar-refractivity contribution in [3.63, 3.8) is 0 Å². The standard InChI is InChI=1S/C27H44N.2CH3.Ti/c1-28(2)19-18-24-25(21-12-6-3-7-13-21)20-26(22-14-8-4-9-15-22)27(24)23-16-10-5-11-17-23;;;/h21-23,25H,3-19H2,1-2H3;2*1H3;. The van der Waals surface area contributed by atoms with Gasteiger partial charge in [0.1, 0.15) is 0 Å². The predicted molar refractivity (Wildman–Crippen MR) is 132 cm³/mol. The van der Waals surface area contributed by atoms with Crippen molar-refractivity contribution in [2.75, 3.05) is 20.6 Å². The number of rotatable bonds is 7. The summed E-state index contributed by atoms with van der Waals surface area (Å²) in [4.78, 5) is 2.46. The van der Waals surface area contributed by atoms with E-state index in [0.29, 0.717) is 0 Å². The molecule has 31 heavy (non-hydrogen) atoms. The fourth-order valence-corrected chi connectivity index (χ4v) is 10.7. The second kappa shape index (κ2) is 11.5. The van der Waals surface area contributed by atoms with E-state index in [4.69, 9.17) is 0 Å². The van der Waals surface area contributed by atoms with Crippen LogP contribution in [-0.2, 0) is 17.9 Å². The minimum atomic E-state index is -1.15. The molecule has 0 aromatic rings. The number of allylic oxidation sites excluding steroid dienone is 3. The van der Waals surface area contributed by atoms with Crippen molar-refractivity contribution >= 4 is 0 Å². The van der Waals surface area contributed by atoms with Crippen LogP contribution in [0, 0.1) is 23.7 Å². The Bertz CT molecular complexity index is 640. The van der Waals surface area contributed by atoms with Gasteiger partial charge < -0.3 is 0 Å². The van der Waals surface area contributed by atoms with E-state index in [0.717, 1.165) is 23.7 Å². The summed E-state index contributed by atoms with van der Waals surface area (Å²) in [5, 5.41) is 5.42. The van der Waals surface area contributed by atoms with Crippen LogP contribution in [0.4, 0.5) is 0 Å². The zero-order valence-electron chi connectivity index (χ0n) is 21.3. The maximum absolute atomic E-state index is 2.71. The summed E-state index contributed by atoms with van der Waals surface area (Å²) < 4.78 is 2.12. The van der Waals surface area contributed by atoms with E-state index >= 15 is 0 Å². The van der Waals surface area contributed by atoms with Gasteiger partial charge in [-0.15, -0.1) is 0 Å². The third-order valence-electron chi connectivity index (χ3n) is 9.13. The summed E-state index contributed by atoms with van der Waals surface area (Å²) in [5.41, 5.74) is 6.04. The van der Waals surface area contributed by atoms with E-state index in [9.17, 15) is 0 Å². The molecule has 1 atom stereocenters. The summed E-state index contributed by atoms with van der Waals surface area (Å²) in [6.45, 7) is 1.25. The van der Waals surface area contributed by atoms with Crippen LogP contribution < -0.4 is 0 Å². The molecule has 1 nitrogen and oxygen atoms in total. The molecule has 4 rings (SSSR count). The van der Waals surface area contributed by atoms with Gasteiger partial charge in [-0.3, -0.25) is 0 Å². The van der Waals surface area contributed by atoms with Crippen LogP contribution >= 0.6 is 0 Å². The first kappa shape index (κ1) is 24.3. The minimum absolute atomic E-state index is 0.874. The zero-order chi connectivity index (χ0) is 21.8. The van der Waals surface area contributed by atoms with Gasteiger partial charge in [-0.05, 0) is 0 Å². The first-order valence-corrected chi connectivity index (χ1v) is 17.9. The van der Waals surface area contributed by atoms with Crippen molar-refractivity contribution in [3.8, 4) is 0 Å². The summed E-state index contributed by atoms with van der Waals surface area (Å²) in [6.07, 6.45) is 23.8. The van der Waals surface area contributed by atoms with Crippen LogP contribution in [0.15, 0.2) is 20.6 Å². The van der Waals surface area contributed by atoms with Gasteiger partial charge in [-0.2, -0.15) is 0 Å². The molecular formula is C29H50NTi. The average molecular weight is 461 g/mol. The van der Waals surface area contributed by atoms with Gasteiger partial charge in [-0.1, -0.05) is 0 Å². The zero-order valence-corrected chi connectivity index (χ0v) is 22.8. The maximum atomic E-state index is 2.71. The Morgan fingerprint density at radius 1 is 0.677 bits per heavy atom. The molecule has 0 aromatic heterocycles. The van der Waals surface area contributed by atoms with Gasteiger partial charge in [0.05, 0.1) is 0 Å². The quantitative estimate of drug-likeness (QED) is 0.344. The Labute approximate surface area is 200 Å². The van der Waals surface area contributed by atoms with E-state index in [1.807, 2.05) is 16.7 Å². The van der Waals surface area contributed by atoms with Crippen LogP contribution in [0.1, 0.15) is 103 Å². The molecule has 0 radical (unpaired) electrons. The van der Waals surface area contributed by atoms with E-state index in [1.165, 1.54) is 109 Å². The van der Waals surface area contributed by atoms with Crippen molar-refractivity contribution in [1.82, 2.24) is 4.90 Å². The number of hydrogen-bond donors (Lipinski definition) is 0. The van der Waals surface area contributed by atoms with Crippen molar-refractivity contribution in [3.05, 3.63) is 20.6 Å². The molecule has 4 aliphatic rings. The van der Waals surface area contributed by atoms with Crippen LogP contribution in [0.25, 0.3) is 0 Å². The van der Waals surface area contributed by atoms with Crippen molar-refractivity contribution in [1.29, 1.82) is 0 Å². The van der Waals surface area contributed by atoms with E-state index in [1.54, 1.807) is 0 Å². The van der Waals surface area contributed by atoms with Gasteiger partial charge in [0.25, 0.3) is 0 Å². The molecule has 4 aliphatic carbocycles. The first-order valence-electron chi connectivity index (χ1n) is 14.0. The van der Waals surface area contributed by atoms with E-state index < -0.39 is 17.9 Å². The molecule has 3 fully saturated rings. The Balaban J connectivity index is 1.81. The normalized spacial score (nSPS) is 27.6. The molecule has 175 valence electrons. The summed E-state index contributed by atoms with van der Waals surface area (Å²) in [6, 6.07) is 0. The summed E-state index contributed by atoms with van der Waals surface area (Å²) in [7, 11) is 4.58. The van der Waals surface area contributed by atoms with Gasteiger partial charge in [0.15, 0.2) is 0 Å². The molecule has 0 saturated heterocycles. The monoisotopic (exact) mass is 460 g/mol. The second-order valence-corrected chi connectivity index (χ2v) is 15.8. The average Bonchev–Trinajstić information content (AvgIpc) is 3.15. The predicted octanol–water partition coefficient (Wildman–Crippen LogP) is 8.57. The van der Waals surface area contributed by atoms with Crippen LogP contribution in [-0.4, -0.2) is 25.5 Å². The molecule has 2 heteroatoms. The summed E-state index contributed by atoms with van der Waals surface area (Å²) in [5.74, 6) is 3.68. The molecule has 0 heterocycles. The molecule has 0 spiro atoms. The molecule has 3 saturated carbocycles. The van der Waals surface area contributed by atoms with Crippen molar-refractivity contribution < 1.29 is 17.9 Å². The Morgan fingerprint density at radius 3 is 1.65 bits per heavy atom. The second-order valence-electron chi connectivity index (χ2n) is 11.9. The molecule has 0 amide bonds. The number of nitrogens with zero attached hydrogens (tertiary/aromatic N) is 1. The van der Waals surface area contributed by atoms with Crippen LogP contribution in [0.2, 0.25) is 10.5 Å². The van der Waals surface area contributed by atoms with Gasteiger partial charge in [0, 0.05) is 0 Å². The number of hydrogen-bond acceptors (Lipinski definition) is 1. The van der Waals surface area contributed by atoms with Crippen molar-refractivity contribution in [2.45, 2.75) is 113 Å². The van der Waals surface area contributed by atoms with Gasteiger partial charge in [-0.25, -0.2) is 0 Å². The molecule has 1 unspecified atom stereocenters. The van der Waals surface area contributed by atoms with E-state index in [2.05, 4.69) is 33.3 Å². The van der Waals surface area contributed by atoms with Crippen molar-refractivity contribution in [2.24, 2.45) is 23.7 Å². The fourth-order valence-electron chi connectivity index (χ4n) is 7.73. The molecular weight excluding hydrogens is 410 g/mol. The van der Waals surface area contributed by atoms with Gasteiger partial charge in [0.2, 0.25) is 0 Å². The molecule has 0 aliphatic heterocycles. The van der Waals surface area contributed by atoms with Crippen LogP contribution in [0.3, 0.4) is 0 Å². The SMILES string of the molecule is CN(C)CCC1=C(C2CCCCC2)C(C2CCCCC2)=[C]([Ti]([CH3])[CH3])C1C1CCCCC1. The Morgan fingerprint density at radius 2 is 1.16 bits per heavy atom. The summed E-state index contributed by atoms with van der Waals surface area (Å²) >= 11 is -1.15. The van der Waals surface area contributed by atoms with E-state index in [-0.39, 0.29) is 0 Å². The molecule has 0 aromatic carbocycles. The fraction of sp³-hybridized carbons (Fsp3) is 0.862. The third-order valence-corrected chi connectivity index (χ3v) is 11.7. The topological polar surface area (TPSA) is 3.24 Å². The Kier molecular flexibility index (Phi) is 9.03. The molecule has 0 N–H and O–H groups in total. The third kappa shape index (κ3) is 5.63. The Hall–Kier alpha value is 0.154. The first-order chi connectivity index (χ1) is 15.1. The van der Waals surface area contributed by atoms with Gasteiger partial charge >= 0.3 is 201 Å².